The summed E-state index contributed by atoms with van der Waals surface area (Å²) in [6.45, 7) is -2.64. The summed E-state index contributed by atoms with van der Waals surface area (Å²) < 4.78 is 37.0. The van der Waals surface area contributed by atoms with Crippen molar-refractivity contribution < 1.29 is 33.0 Å². The zero-order chi connectivity index (χ0) is 16.0. The van der Waals surface area contributed by atoms with Gasteiger partial charge in [-0.05, 0) is 18.2 Å². The smallest absolute Gasteiger partial charge is 0.406 e. The van der Waals surface area contributed by atoms with Gasteiger partial charge in [-0.1, -0.05) is 6.07 Å². The Balaban J connectivity index is 2.81. The predicted octanol–water partition coefficient (Wildman–Crippen LogP) is 1.77. The quantitative estimate of drug-likeness (QED) is 0.773. The first kappa shape index (κ1) is 16.8. The molecule has 0 saturated heterocycles. The maximum Gasteiger partial charge on any atom is 0.406 e. The lowest BCUT2D eigenvalue weighted by Gasteiger charge is -2.23. The van der Waals surface area contributed by atoms with E-state index < -0.39 is 37.9 Å². The summed E-state index contributed by atoms with van der Waals surface area (Å²) in [5.74, 6) is -1.23. The fourth-order valence-corrected chi connectivity index (χ4v) is 1.52. The lowest BCUT2D eigenvalue weighted by atomic mass is 10.2. The van der Waals surface area contributed by atoms with Gasteiger partial charge in [-0.15, -0.1) is 0 Å². The highest BCUT2D eigenvalue weighted by Crippen LogP contribution is 2.17. The Hall–Kier alpha value is -2.29. The first-order valence-corrected chi connectivity index (χ1v) is 5.80. The van der Waals surface area contributed by atoms with Crippen molar-refractivity contribution in [1.29, 1.82) is 0 Å². The average Bonchev–Trinajstić information content (AvgIpc) is 2.37. The molecule has 0 spiro atoms. The molecule has 0 unspecified atom stereocenters. The summed E-state index contributed by atoms with van der Waals surface area (Å²) in [6.07, 6.45) is -4.60. The van der Waals surface area contributed by atoms with Crippen LogP contribution in [-0.2, 0) is 0 Å². The van der Waals surface area contributed by atoms with Gasteiger partial charge in [0.05, 0.1) is 12.2 Å². The molecule has 0 bridgehead atoms. The summed E-state index contributed by atoms with van der Waals surface area (Å²) in [6, 6.07) is 4.00. The van der Waals surface area contributed by atoms with Crippen LogP contribution in [0.25, 0.3) is 0 Å². The number of nitrogens with one attached hydrogen (secondary N) is 1. The number of carbonyl (C=O) groups excluding carboxylic acids is 1. The number of halogens is 3. The van der Waals surface area contributed by atoms with E-state index in [0.29, 0.717) is 4.90 Å². The molecule has 3 N–H and O–H groups in total. The van der Waals surface area contributed by atoms with E-state index in [2.05, 4.69) is 5.32 Å². The maximum absolute atomic E-state index is 12.3. The van der Waals surface area contributed by atoms with Gasteiger partial charge >= 0.3 is 18.2 Å². The fourth-order valence-electron chi connectivity index (χ4n) is 1.52. The molecule has 0 radical (unpaired) electrons. The van der Waals surface area contributed by atoms with Gasteiger partial charge in [-0.25, -0.2) is 9.59 Å². The highest BCUT2D eigenvalue weighted by atomic mass is 19.4. The summed E-state index contributed by atoms with van der Waals surface area (Å²) in [5, 5.41) is 19.6. The van der Waals surface area contributed by atoms with Gasteiger partial charge < -0.3 is 20.4 Å². The van der Waals surface area contributed by atoms with Gasteiger partial charge in [0.2, 0.25) is 0 Å². The molecule has 0 atom stereocenters. The number of rotatable bonds is 5. The van der Waals surface area contributed by atoms with Crippen molar-refractivity contribution in [2.24, 2.45) is 0 Å². The van der Waals surface area contributed by atoms with E-state index in [4.69, 9.17) is 10.2 Å². The average molecular weight is 306 g/mol. The third-order valence-electron chi connectivity index (χ3n) is 2.39. The van der Waals surface area contributed by atoms with E-state index in [0.717, 1.165) is 6.07 Å². The molecule has 1 rings (SSSR count). The van der Waals surface area contributed by atoms with Crippen molar-refractivity contribution >= 4 is 17.7 Å². The number of urea groups is 1. The van der Waals surface area contributed by atoms with Crippen LogP contribution in [0.5, 0.6) is 0 Å². The molecule has 6 nitrogen and oxygen atoms in total. The molecule has 0 aromatic heterocycles. The molecular formula is C12H13F3N2O4. The highest BCUT2D eigenvalue weighted by molar-refractivity contribution is 5.93. The number of carboxylic acids is 1. The van der Waals surface area contributed by atoms with Crippen LogP contribution in [0.4, 0.5) is 23.7 Å². The van der Waals surface area contributed by atoms with Crippen LogP contribution in [0, 0.1) is 0 Å². The van der Waals surface area contributed by atoms with Crippen molar-refractivity contribution in [1.82, 2.24) is 4.90 Å². The van der Waals surface area contributed by atoms with Gasteiger partial charge in [-0.2, -0.15) is 13.2 Å². The van der Waals surface area contributed by atoms with Gasteiger partial charge in [0.1, 0.15) is 6.54 Å². The number of hydrogen-bond acceptors (Lipinski definition) is 3. The summed E-state index contributed by atoms with van der Waals surface area (Å²) in [7, 11) is 0. The molecule has 0 aliphatic carbocycles. The second-order valence-corrected chi connectivity index (χ2v) is 4.08. The minimum Gasteiger partial charge on any atom is -0.478 e. The third-order valence-corrected chi connectivity index (χ3v) is 2.39. The van der Waals surface area contributed by atoms with Gasteiger partial charge in [0, 0.05) is 12.2 Å². The monoisotopic (exact) mass is 306 g/mol. The van der Waals surface area contributed by atoms with Gasteiger partial charge in [-0.3, -0.25) is 0 Å². The third kappa shape index (κ3) is 5.69. The van der Waals surface area contributed by atoms with E-state index in [1.54, 1.807) is 0 Å². The number of carboxylic acid groups (broad SMARTS) is 1. The Bertz CT molecular complexity index is 519. The molecule has 9 heteroatoms. The van der Waals surface area contributed by atoms with E-state index in [1.807, 2.05) is 0 Å². The van der Waals surface area contributed by atoms with Crippen LogP contribution < -0.4 is 5.32 Å². The first-order valence-electron chi connectivity index (χ1n) is 5.80. The topological polar surface area (TPSA) is 89.9 Å². The summed E-state index contributed by atoms with van der Waals surface area (Å²) >= 11 is 0. The molecule has 0 saturated carbocycles. The van der Waals surface area contributed by atoms with Crippen molar-refractivity contribution in [2.45, 2.75) is 6.18 Å². The second kappa shape index (κ2) is 6.93. The first-order chi connectivity index (χ1) is 9.73. The lowest BCUT2D eigenvalue weighted by Crippen LogP contribution is -2.43. The lowest BCUT2D eigenvalue weighted by molar-refractivity contribution is -0.140. The number of anilines is 1. The minimum absolute atomic E-state index is 0.0463. The summed E-state index contributed by atoms with van der Waals surface area (Å²) in [4.78, 5) is 22.9. The highest BCUT2D eigenvalue weighted by Gasteiger charge is 2.32. The van der Waals surface area contributed by atoms with Crippen LogP contribution in [0.3, 0.4) is 0 Å². The Morgan fingerprint density at radius 3 is 2.48 bits per heavy atom. The zero-order valence-electron chi connectivity index (χ0n) is 10.7. The van der Waals surface area contributed by atoms with Crippen LogP contribution in [0.15, 0.2) is 24.3 Å². The van der Waals surface area contributed by atoms with Crippen molar-refractivity contribution in [2.75, 3.05) is 25.0 Å². The largest absolute Gasteiger partial charge is 0.478 e. The van der Waals surface area contributed by atoms with Crippen LogP contribution >= 0.6 is 0 Å². The van der Waals surface area contributed by atoms with Gasteiger partial charge in [0.25, 0.3) is 0 Å². The molecule has 0 aliphatic heterocycles. The SMILES string of the molecule is O=C(O)c1cccc(NC(=O)N(CCO)CC(F)(F)F)c1. The van der Waals surface area contributed by atoms with Crippen LogP contribution in [0.2, 0.25) is 0 Å². The van der Waals surface area contributed by atoms with Crippen LogP contribution in [0.1, 0.15) is 10.4 Å². The zero-order valence-corrected chi connectivity index (χ0v) is 10.7. The van der Waals surface area contributed by atoms with Crippen LogP contribution in [-0.4, -0.2) is 53.0 Å². The van der Waals surface area contributed by atoms with Crippen molar-refractivity contribution in [3.8, 4) is 0 Å². The summed E-state index contributed by atoms with van der Waals surface area (Å²) in [5.41, 5.74) is -0.0673. The number of aromatic carboxylic acids is 1. The molecule has 1 aromatic rings. The predicted molar refractivity (Wildman–Crippen MR) is 67.1 cm³/mol. The maximum atomic E-state index is 12.3. The number of aliphatic hydroxyl groups is 1. The minimum atomic E-state index is -4.60. The number of alkyl halides is 3. The Morgan fingerprint density at radius 2 is 1.95 bits per heavy atom. The molecular weight excluding hydrogens is 293 g/mol. The molecule has 21 heavy (non-hydrogen) atoms. The Morgan fingerprint density at radius 1 is 1.29 bits per heavy atom. The Kier molecular flexibility index (Phi) is 5.53. The Labute approximate surface area is 117 Å². The number of carbonyl (C=O) groups is 2. The van der Waals surface area contributed by atoms with E-state index in [9.17, 15) is 22.8 Å². The molecule has 0 aliphatic rings. The molecule has 116 valence electrons. The van der Waals surface area contributed by atoms with Crippen molar-refractivity contribution in [3.05, 3.63) is 29.8 Å². The normalized spacial score (nSPS) is 11.0. The second-order valence-electron chi connectivity index (χ2n) is 4.08. The van der Waals surface area contributed by atoms with E-state index >= 15 is 0 Å². The van der Waals surface area contributed by atoms with E-state index in [-0.39, 0.29) is 11.3 Å². The standard InChI is InChI=1S/C12H13F3N2O4/c13-12(14,15)7-17(4-5-18)11(21)16-9-3-1-2-8(6-9)10(19)20/h1-3,6,18H,4-5,7H2,(H,16,21)(H,19,20). The van der Waals surface area contributed by atoms with Gasteiger partial charge in [0.15, 0.2) is 0 Å². The molecule has 0 heterocycles. The van der Waals surface area contributed by atoms with E-state index in [1.165, 1.54) is 18.2 Å². The molecule has 2 amide bonds. The number of aliphatic hydroxyl groups excluding tert-OH is 1. The number of amides is 2. The number of benzene rings is 1. The molecule has 0 fully saturated rings. The fraction of sp³-hybridized carbons (Fsp3) is 0.333. The molecule has 1 aromatic carbocycles. The number of hydrogen-bond donors (Lipinski definition) is 3. The van der Waals surface area contributed by atoms with Crippen molar-refractivity contribution in [3.63, 3.8) is 0 Å². The number of nitrogens with zero attached hydrogens (tertiary/aromatic N) is 1.